The monoisotopic (exact) mass is 462 g/mol. The number of aliphatic carboxylic acids is 1. The standard InChI is InChI=1S/C25H35FN2O3S/c1-3-4-14-32-15-13-28-12-10-18(22(17-28)25(29)30)5-7-23(26)20-9-11-27-24-8-6-19(31-2)16-21(20)24/h6,8-9,11,16,18,22-23H,3-5,7,10,12-15,17H2,1-2H3,(H,29,30)/t18-,22+,23?/m1/s1. The van der Waals surface area contributed by atoms with Crippen molar-refractivity contribution in [1.29, 1.82) is 0 Å². The van der Waals surface area contributed by atoms with Crippen LogP contribution in [0.2, 0.25) is 0 Å². The number of methoxy groups -OCH3 is 1. The number of fused-ring (bicyclic) bond motifs is 1. The van der Waals surface area contributed by atoms with Gasteiger partial charge >= 0.3 is 5.97 Å². The van der Waals surface area contributed by atoms with E-state index in [-0.39, 0.29) is 5.92 Å². The highest BCUT2D eigenvalue weighted by atomic mass is 32.2. The summed E-state index contributed by atoms with van der Waals surface area (Å²) in [6.07, 6.45) is 4.62. The van der Waals surface area contributed by atoms with Crippen LogP contribution in [0.15, 0.2) is 30.5 Å². The normalized spacial score (nSPS) is 20.3. The van der Waals surface area contributed by atoms with E-state index in [1.165, 1.54) is 18.6 Å². The van der Waals surface area contributed by atoms with Crippen molar-refractivity contribution in [2.45, 2.75) is 45.2 Å². The van der Waals surface area contributed by atoms with Gasteiger partial charge in [0.05, 0.1) is 18.5 Å². The van der Waals surface area contributed by atoms with Crippen molar-refractivity contribution in [3.05, 3.63) is 36.0 Å². The van der Waals surface area contributed by atoms with E-state index in [9.17, 15) is 9.90 Å². The number of carboxylic acid groups (broad SMARTS) is 1. The summed E-state index contributed by atoms with van der Waals surface area (Å²) in [6.45, 7) is 4.59. The van der Waals surface area contributed by atoms with Gasteiger partial charge in [-0.1, -0.05) is 13.3 Å². The number of likely N-dealkylation sites (tertiary alicyclic amines) is 1. The lowest BCUT2D eigenvalue weighted by atomic mass is 9.81. The first-order valence-electron chi connectivity index (χ1n) is 11.6. The molecule has 32 heavy (non-hydrogen) atoms. The van der Waals surface area contributed by atoms with Crippen molar-refractivity contribution in [2.24, 2.45) is 11.8 Å². The van der Waals surface area contributed by atoms with E-state index in [1.54, 1.807) is 19.4 Å². The molecule has 0 aliphatic carbocycles. The summed E-state index contributed by atoms with van der Waals surface area (Å²) < 4.78 is 20.6. The molecule has 0 spiro atoms. The Morgan fingerprint density at radius 3 is 2.97 bits per heavy atom. The van der Waals surface area contributed by atoms with Crippen LogP contribution in [0.25, 0.3) is 10.9 Å². The number of hydrogen-bond donors (Lipinski definition) is 1. The maximum absolute atomic E-state index is 15.3. The molecule has 2 heterocycles. The van der Waals surface area contributed by atoms with Gasteiger partial charge in [-0.15, -0.1) is 0 Å². The summed E-state index contributed by atoms with van der Waals surface area (Å²) in [5, 5.41) is 10.6. The number of unbranched alkanes of at least 4 members (excludes halogenated alkanes) is 1. The van der Waals surface area contributed by atoms with Gasteiger partial charge in [0.2, 0.25) is 0 Å². The molecule has 1 aromatic heterocycles. The maximum atomic E-state index is 15.3. The topological polar surface area (TPSA) is 62.7 Å². The van der Waals surface area contributed by atoms with Gasteiger partial charge in [0.1, 0.15) is 11.9 Å². The van der Waals surface area contributed by atoms with Crippen molar-refractivity contribution < 1.29 is 19.0 Å². The number of aromatic nitrogens is 1. The first kappa shape index (κ1) is 24.8. The van der Waals surface area contributed by atoms with Crippen LogP contribution in [0.1, 0.15) is 50.8 Å². The van der Waals surface area contributed by atoms with Gasteiger partial charge in [0, 0.05) is 30.4 Å². The number of benzene rings is 1. The summed E-state index contributed by atoms with van der Waals surface area (Å²) in [4.78, 5) is 18.5. The number of pyridine rings is 1. The third-order valence-corrected chi connectivity index (χ3v) is 7.51. The SMILES string of the molecule is CCCCSCCN1CC[C@@H](CCC(F)c2ccnc3ccc(OC)cc23)[C@@H](C(=O)O)C1. The Balaban J connectivity index is 1.58. The van der Waals surface area contributed by atoms with Crippen LogP contribution >= 0.6 is 11.8 Å². The minimum Gasteiger partial charge on any atom is -0.497 e. The molecule has 1 unspecified atom stereocenters. The minimum absolute atomic E-state index is 0.0115. The van der Waals surface area contributed by atoms with E-state index in [0.29, 0.717) is 30.7 Å². The van der Waals surface area contributed by atoms with Crippen LogP contribution in [0.4, 0.5) is 4.39 Å². The second-order valence-corrected chi connectivity index (χ2v) is 9.81. The number of piperidine rings is 1. The average molecular weight is 463 g/mol. The molecule has 0 bridgehead atoms. The van der Waals surface area contributed by atoms with Crippen molar-refractivity contribution in [3.8, 4) is 5.75 Å². The third kappa shape index (κ3) is 6.58. The van der Waals surface area contributed by atoms with Crippen molar-refractivity contribution in [3.63, 3.8) is 0 Å². The quantitative estimate of drug-likeness (QED) is 0.415. The molecule has 0 saturated carbocycles. The van der Waals surface area contributed by atoms with Gasteiger partial charge in [0.25, 0.3) is 0 Å². The second-order valence-electron chi connectivity index (χ2n) is 8.59. The molecular weight excluding hydrogens is 427 g/mol. The van der Waals surface area contributed by atoms with E-state index < -0.39 is 18.1 Å². The van der Waals surface area contributed by atoms with Gasteiger partial charge in [-0.3, -0.25) is 9.78 Å². The maximum Gasteiger partial charge on any atom is 0.308 e. The summed E-state index contributed by atoms with van der Waals surface area (Å²) in [5.41, 5.74) is 1.33. The fourth-order valence-electron chi connectivity index (χ4n) is 4.50. The van der Waals surface area contributed by atoms with Crippen LogP contribution in [0.3, 0.4) is 0 Å². The first-order chi connectivity index (χ1) is 15.5. The molecule has 176 valence electrons. The fraction of sp³-hybridized carbons (Fsp3) is 0.600. The lowest BCUT2D eigenvalue weighted by Crippen LogP contribution is -2.44. The highest BCUT2D eigenvalue weighted by Crippen LogP contribution is 2.35. The lowest BCUT2D eigenvalue weighted by molar-refractivity contribution is -0.146. The van der Waals surface area contributed by atoms with Gasteiger partial charge in [0.15, 0.2) is 0 Å². The first-order valence-corrected chi connectivity index (χ1v) is 12.8. The predicted octanol–water partition coefficient (Wildman–Crippen LogP) is 5.59. The molecule has 0 amide bonds. The van der Waals surface area contributed by atoms with E-state index in [0.717, 1.165) is 36.2 Å². The van der Waals surface area contributed by atoms with Crippen molar-refractivity contribution in [1.82, 2.24) is 9.88 Å². The zero-order valence-electron chi connectivity index (χ0n) is 19.1. The Hall–Kier alpha value is -1.86. The summed E-state index contributed by atoms with van der Waals surface area (Å²) in [5.74, 6) is 1.71. The number of nitrogens with zero attached hydrogens (tertiary/aromatic N) is 2. The third-order valence-electron chi connectivity index (χ3n) is 6.46. The van der Waals surface area contributed by atoms with E-state index in [2.05, 4.69) is 16.8 Å². The Bertz CT molecular complexity index is 881. The van der Waals surface area contributed by atoms with Gasteiger partial charge in [-0.25, -0.2) is 4.39 Å². The lowest BCUT2D eigenvalue weighted by Gasteiger charge is -2.36. The van der Waals surface area contributed by atoms with Crippen LogP contribution in [-0.4, -0.2) is 59.2 Å². The Labute approximate surface area is 194 Å². The van der Waals surface area contributed by atoms with Gasteiger partial charge in [-0.2, -0.15) is 11.8 Å². The van der Waals surface area contributed by atoms with Crippen LogP contribution in [0, 0.1) is 11.8 Å². The molecule has 1 aliphatic heterocycles. The highest BCUT2D eigenvalue weighted by Gasteiger charge is 2.34. The van der Waals surface area contributed by atoms with Crippen LogP contribution < -0.4 is 4.74 Å². The molecule has 5 nitrogen and oxygen atoms in total. The zero-order chi connectivity index (χ0) is 22.9. The molecule has 1 aliphatic rings. The molecule has 2 aromatic rings. The molecule has 3 rings (SSSR count). The summed E-state index contributed by atoms with van der Waals surface area (Å²) in [7, 11) is 1.59. The molecule has 1 aromatic carbocycles. The van der Waals surface area contributed by atoms with E-state index in [1.807, 2.05) is 30.0 Å². The van der Waals surface area contributed by atoms with Crippen molar-refractivity contribution in [2.75, 3.05) is 38.2 Å². The Kier molecular flexibility index (Phi) is 9.60. The van der Waals surface area contributed by atoms with E-state index in [4.69, 9.17) is 4.74 Å². The van der Waals surface area contributed by atoms with Crippen LogP contribution in [-0.2, 0) is 4.79 Å². The van der Waals surface area contributed by atoms with Gasteiger partial charge < -0.3 is 14.7 Å². The Morgan fingerprint density at radius 1 is 1.38 bits per heavy atom. The van der Waals surface area contributed by atoms with Crippen molar-refractivity contribution >= 4 is 28.6 Å². The molecule has 1 N–H and O–H groups in total. The number of rotatable bonds is 12. The largest absolute Gasteiger partial charge is 0.497 e. The number of carbonyl (C=O) groups is 1. The molecular formula is C25H35FN2O3S. The number of alkyl halides is 1. The molecule has 1 fully saturated rings. The summed E-state index contributed by atoms with van der Waals surface area (Å²) in [6, 6.07) is 7.20. The second kappa shape index (κ2) is 12.4. The number of ether oxygens (including phenoxy) is 1. The molecule has 7 heteroatoms. The fourth-order valence-corrected chi connectivity index (χ4v) is 5.59. The van der Waals surface area contributed by atoms with Crippen LogP contribution in [0.5, 0.6) is 5.75 Å². The minimum atomic E-state index is -1.16. The predicted molar refractivity (Wildman–Crippen MR) is 129 cm³/mol. The molecule has 3 atom stereocenters. The average Bonchev–Trinajstić information content (AvgIpc) is 2.81. The number of halogens is 1. The highest BCUT2D eigenvalue weighted by molar-refractivity contribution is 7.99. The van der Waals surface area contributed by atoms with E-state index >= 15 is 4.39 Å². The number of thioether (sulfide) groups is 1. The Morgan fingerprint density at radius 2 is 2.22 bits per heavy atom. The zero-order valence-corrected chi connectivity index (χ0v) is 20.0. The molecule has 0 radical (unpaired) electrons. The number of carboxylic acids is 1. The number of hydrogen-bond acceptors (Lipinski definition) is 5. The summed E-state index contributed by atoms with van der Waals surface area (Å²) >= 11 is 1.94. The van der Waals surface area contributed by atoms with Gasteiger partial charge in [-0.05, 0) is 73.7 Å². The smallest absolute Gasteiger partial charge is 0.308 e. The molecule has 1 saturated heterocycles.